The molecule has 0 N–H and O–H groups in total. The topological polar surface area (TPSA) is 28.7 Å². The number of rotatable bonds is 1. The van der Waals surface area contributed by atoms with E-state index in [1.807, 2.05) is 6.07 Å². The van der Waals surface area contributed by atoms with Crippen LogP contribution < -0.4 is 0 Å². The Hall–Kier alpha value is -1.99. The summed E-state index contributed by atoms with van der Waals surface area (Å²) in [4.78, 5) is 0. The lowest BCUT2D eigenvalue weighted by molar-refractivity contribution is 0.617. The summed E-state index contributed by atoms with van der Waals surface area (Å²) in [6.07, 6.45) is 1.64. The van der Waals surface area contributed by atoms with Crippen LogP contribution >= 0.6 is 12.2 Å². The van der Waals surface area contributed by atoms with E-state index in [4.69, 9.17) is 17.5 Å². The number of aromatic nitrogens is 1. The van der Waals surface area contributed by atoms with Gasteiger partial charge in [-0.15, -0.1) is 0 Å². The number of halogens is 1. The van der Waals surface area contributed by atoms with Gasteiger partial charge in [-0.05, 0) is 24.3 Å². The van der Waals surface area contributed by atoms with E-state index in [1.54, 1.807) is 36.5 Å². The van der Waals surface area contributed by atoms with Crippen LogP contribution in [-0.4, -0.2) is 4.57 Å². The molecule has 0 radical (unpaired) electrons. The fraction of sp³-hybridized carbons (Fsp3) is 0. The first-order chi connectivity index (χ1) is 7.74. The highest BCUT2D eigenvalue weighted by atomic mass is 32.1. The maximum Gasteiger partial charge on any atom is 0.147 e. The molecule has 1 aromatic carbocycles. The molecule has 0 fully saturated rings. The second-order valence-corrected chi connectivity index (χ2v) is 3.55. The van der Waals surface area contributed by atoms with Crippen molar-refractivity contribution in [2.45, 2.75) is 0 Å². The lowest BCUT2D eigenvalue weighted by Gasteiger charge is -2.07. The Balaban J connectivity index is 2.72. The molecule has 0 amide bonds. The van der Waals surface area contributed by atoms with E-state index in [9.17, 15) is 4.39 Å². The molecule has 2 nitrogen and oxygen atoms in total. The first-order valence-corrected chi connectivity index (χ1v) is 5.01. The molecular weight excluding hydrogens is 223 g/mol. The standard InChI is InChI=1S/C12H7FN2S/c13-10-5-1-2-6-11(10)15-7-3-4-9(8-14)12(15)16/h1-7H. The molecule has 0 aliphatic heterocycles. The van der Waals surface area contributed by atoms with Crippen LogP contribution in [0.1, 0.15) is 5.56 Å². The summed E-state index contributed by atoms with van der Waals surface area (Å²) in [7, 11) is 0. The lowest BCUT2D eigenvalue weighted by atomic mass is 10.2. The largest absolute Gasteiger partial charge is 0.304 e. The molecule has 4 heteroatoms. The maximum absolute atomic E-state index is 13.5. The van der Waals surface area contributed by atoms with Crippen molar-refractivity contribution in [1.29, 1.82) is 5.26 Å². The number of para-hydroxylation sites is 1. The van der Waals surface area contributed by atoms with E-state index in [0.29, 0.717) is 15.9 Å². The Labute approximate surface area is 97.2 Å². The lowest BCUT2D eigenvalue weighted by Crippen LogP contribution is -2.00. The number of hydrogen-bond acceptors (Lipinski definition) is 2. The van der Waals surface area contributed by atoms with Crippen molar-refractivity contribution in [2.75, 3.05) is 0 Å². The first-order valence-electron chi connectivity index (χ1n) is 4.60. The molecule has 0 spiro atoms. The molecule has 2 rings (SSSR count). The van der Waals surface area contributed by atoms with Crippen LogP contribution in [-0.2, 0) is 0 Å². The van der Waals surface area contributed by atoms with Gasteiger partial charge in [0.1, 0.15) is 16.5 Å². The quantitative estimate of drug-likeness (QED) is 0.704. The highest BCUT2D eigenvalue weighted by molar-refractivity contribution is 7.71. The van der Waals surface area contributed by atoms with Crippen molar-refractivity contribution in [1.82, 2.24) is 4.57 Å². The Morgan fingerprint density at radius 1 is 1.19 bits per heavy atom. The second-order valence-electron chi connectivity index (χ2n) is 3.16. The zero-order chi connectivity index (χ0) is 11.5. The molecule has 0 atom stereocenters. The monoisotopic (exact) mass is 230 g/mol. The van der Waals surface area contributed by atoms with E-state index in [-0.39, 0.29) is 5.82 Å². The smallest absolute Gasteiger partial charge is 0.147 e. The van der Waals surface area contributed by atoms with Gasteiger partial charge in [0, 0.05) is 6.20 Å². The minimum Gasteiger partial charge on any atom is -0.304 e. The van der Waals surface area contributed by atoms with Gasteiger partial charge >= 0.3 is 0 Å². The van der Waals surface area contributed by atoms with Crippen LogP contribution in [0, 0.1) is 21.8 Å². The summed E-state index contributed by atoms with van der Waals surface area (Å²) >= 11 is 5.11. The maximum atomic E-state index is 13.5. The van der Waals surface area contributed by atoms with Gasteiger partial charge < -0.3 is 4.57 Å². The van der Waals surface area contributed by atoms with E-state index in [0.717, 1.165) is 0 Å². The molecule has 1 heterocycles. The van der Waals surface area contributed by atoms with Crippen molar-refractivity contribution in [3.05, 3.63) is 58.6 Å². The minimum atomic E-state index is -0.367. The molecule has 2 aromatic rings. The SMILES string of the molecule is N#Cc1cccn(-c2ccccc2F)c1=S. The van der Waals surface area contributed by atoms with Crippen LogP contribution in [0.5, 0.6) is 0 Å². The van der Waals surface area contributed by atoms with E-state index >= 15 is 0 Å². The predicted molar refractivity (Wildman–Crippen MR) is 61.3 cm³/mol. The number of pyridine rings is 1. The van der Waals surface area contributed by atoms with Crippen LogP contribution in [0.4, 0.5) is 4.39 Å². The van der Waals surface area contributed by atoms with Crippen molar-refractivity contribution in [3.8, 4) is 11.8 Å². The molecule has 78 valence electrons. The molecule has 0 saturated heterocycles. The van der Waals surface area contributed by atoms with E-state index in [1.165, 1.54) is 10.6 Å². The predicted octanol–water partition coefficient (Wildman–Crippen LogP) is 3.22. The fourth-order valence-corrected chi connectivity index (χ4v) is 1.69. The third-order valence-corrected chi connectivity index (χ3v) is 2.60. The summed E-state index contributed by atoms with van der Waals surface area (Å²) in [5.41, 5.74) is 0.713. The van der Waals surface area contributed by atoms with Crippen LogP contribution in [0.25, 0.3) is 5.69 Å². The zero-order valence-electron chi connectivity index (χ0n) is 8.22. The molecule has 0 bridgehead atoms. The number of nitrogens with zero attached hydrogens (tertiary/aromatic N) is 2. The second kappa shape index (κ2) is 4.25. The third-order valence-electron chi connectivity index (χ3n) is 2.18. The summed E-state index contributed by atoms with van der Waals surface area (Å²) < 4.78 is 15.3. The number of benzene rings is 1. The highest BCUT2D eigenvalue weighted by Gasteiger charge is 2.05. The molecule has 1 aromatic heterocycles. The third kappa shape index (κ3) is 1.73. The molecule has 16 heavy (non-hydrogen) atoms. The van der Waals surface area contributed by atoms with Crippen LogP contribution in [0.15, 0.2) is 42.6 Å². The Morgan fingerprint density at radius 2 is 1.94 bits per heavy atom. The number of hydrogen-bond donors (Lipinski definition) is 0. The average molecular weight is 230 g/mol. The highest BCUT2D eigenvalue weighted by Crippen LogP contribution is 2.14. The zero-order valence-corrected chi connectivity index (χ0v) is 9.04. The fourth-order valence-electron chi connectivity index (χ4n) is 1.42. The van der Waals surface area contributed by atoms with Crippen LogP contribution in [0.2, 0.25) is 0 Å². The normalized spacial score (nSPS) is 9.75. The van der Waals surface area contributed by atoms with Crippen molar-refractivity contribution in [3.63, 3.8) is 0 Å². The summed E-state index contributed by atoms with van der Waals surface area (Å²) in [5.74, 6) is -0.367. The van der Waals surface area contributed by atoms with Crippen molar-refractivity contribution < 1.29 is 4.39 Å². The van der Waals surface area contributed by atoms with Gasteiger partial charge in [0.15, 0.2) is 0 Å². The van der Waals surface area contributed by atoms with Gasteiger partial charge in [0.2, 0.25) is 0 Å². The summed E-state index contributed by atoms with van der Waals surface area (Å²) in [6.45, 7) is 0. The summed E-state index contributed by atoms with van der Waals surface area (Å²) in [6, 6.07) is 11.6. The van der Waals surface area contributed by atoms with E-state index < -0.39 is 0 Å². The van der Waals surface area contributed by atoms with Crippen LogP contribution in [0.3, 0.4) is 0 Å². The average Bonchev–Trinajstić information content (AvgIpc) is 2.31. The molecule has 0 saturated carbocycles. The van der Waals surface area contributed by atoms with Gasteiger partial charge in [-0.2, -0.15) is 5.26 Å². The van der Waals surface area contributed by atoms with Crippen molar-refractivity contribution in [2.24, 2.45) is 0 Å². The molecule has 0 aliphatic carbocycles. The van der Waals surface area contributed by atoms with Crippen molar-refractivity contribution >= 4 is 12.2 Å². The van der Waals surface area contributed by atoms with Gasteiger partial charge in [0.25, 0.3) is 0 Å². The Bertz CT molecular complexity index is 625. The van der Waals surface area contributed by atoms with Gasteiger partial charge in [-0.3, -0.25) is 0 Å². The Morgan fingerprint density at radius 3 is 2.62 bits per heavy atom. The number of nitriles is 1. The molecule has 0 unspecified atom stereocenters. The molecular formula is C12H7FN2S. The molecule has 0 aliphatic rings. The van der Waals surface area contributed by atoms with Gasteiger partial charge in [-0.1, -0.05) is 24.4 Å². The Kier molecular flexibility index (Phi) is 2.80. The van der Waals surface area contributed by atoms with E-state index in [2.05, 4.69) is 0 Å². The first kappa shape index (κ1) is 10.5. The van der Waals surface area contributed by atoms with Gasteiger partial charge in [-0.25, -0.2) is 4.39 Å². The van der Waals surface area contributed by atoms with Gasteiger partial charge in [0.05, 0.1) is 11.3 Å². The summed E-state index contributed by atoms with van der Waals surface area (Å²) in [5, 5.41) is 8.84. The minimum absolute atomic E-state index is 0.315.